The van der Waals surface area contributed by atoms with Gasteiger partial charge in [0.1, 0.15) is 0 Å². The minimum absolute atomic E-state index is 0.0486. The smallest absolute Gasteiger partial charge is 0.307 e. The van der Waals surface area contributed by atoms with Crippen LogP contribution in [0.4, 0.5) is 0 Å². The van der Waals surface area contributed by atoms with Gasteiger partial charge in [-0.15, -0.1) is 0 Å². The maximum absolute atomic E-state index is 12.9. The Labute approximate surface area is 129 Å². The summed E-state index contributed by atoms with van der Waals surface area (Å²) in [7, 11) is 0. The molecule has 2 saturated heterocycles. The average molecular weight is 309 g/mol. The summed E-state index contributed by atoms with van der Waals surface area (Å²) in [6.07, 6.45) is 4.27. The fraction of sp³-hybridized carbons (Fsp3) is 0.875. The van der Waals surface area contributed by atoms with E-state index in [2.05, 4.69) is 0 Å². The Morgan fingerprint density at radius 3 is 2.18 bits per heavy atom. The Kier molecular flexibility index (Phi) is 3.42. The third-order valence-electron chi connectivity index (χ3n) is 6.14. The van der Waals surface area contributed by atoms with Gasteiger partial charge in [-0.2, -0.15) is 0 Å². The minimum atomic E-state index is -0.790. The number of carbonyl (C=O) groups is 2. The zero-order valence-electron chi connectivity index (χ0n) is 12.7. The van der Waals surface area contributed by atoms with Crippen molar-refractivity contribution in [1.82, 2.24) is 4.90 Å². The molecule has 1 N–H and O–H groups in total. The second kappa shape index (κ2) is 5.20. The summed E-state index contributed by atoms with van der Waals surface area (Å²) in [6.45, 7) is 2.47. The van der Waals surface area contributed by atoms with Crippen molar-refractivity contribution in [3.05, 3.63) is 0 Å². The van der Waals surface area contributed by atoms with Crippen LogP contribution in [0.5, 0.6) is 0 Å². The summed E-state index contributed by atoms with van der Waals surface area (Å²) in [5.74, 6) is -1.54. The maximum atomic E-state index is 12.9. The van der Waals surface area contributed by atoms with Crippen molar-refractivity contribution >= 4 is 11.9 Å². The normalized spacial score (nSPS) is 39.5. The number of hydrogen-bond acceptors (Lipinski definition) is 4. The van der Waals surface area contributed by atoms with Crippen LogP contribution in [0.2, 0.25) is 0 Å². The van der Waals surface area contributed by atoms with Gasteiger partial charge < -0.3 is 19.5 Å². The second-order valence-corrected chi connectivity index (χ2v) is 7.16. The Bertz CT molecular complexity index is 477. The maximum Gasteiger partial charge on any atom is 0.307 e. The molecule has 0 aromatic carbocycles. The van der Waals surface area contributed by atoms with E-state index in [1.165, 1.54) is 0 Å². The number of hydrogen-bond donors (Lipinski definition) is 1. The number of amides is 1. The van der Waals surface area contributed by atoms with Crippen LogP contribution in [-0.2, 0) is 19.1 Å². The average Bonchev–Trinajstić information content (AvgIpc) is 3.22. The van der Waals surface area contributed by atoms with E-state index in [1.54, 1.807) is 0 Å². The molecule has 2 aliphatic heterocycles. The van der Waals surface area contributed by atoms with Crippen LogP contribution in [0.1, 0.15) is 32.1 Å². The summed E-state index contributed by atoms with van der Waals surface area (Å²) in [5.41, 5.74) is 0. The Morgan fingerprint density at radius 1 is 1.00 bits per heavy atom. The van der Waals surface area contributed by atoms with Gasteiger partial charge in [-0.3, -0.25) is 9.59 Å². The van der Waals surface area contributed by atoms with Crippen molar-refractivity contribution < 1.29 is 24.2 Å². The molecular weight excluding hydrogens is 286 g/mol. The molecule has 2 bridgehead atoms. The van der Waals surface area contributed by atoms with Crippen LogP contribution in [0, 0.1) is 23.7 Å². The first-order valence-corrected chi connectivity index (χ1v) is 8.39. The molecule has 6 nitrogen and oxygen atoms in total. The van der Waals surface area contributed by atoms with Crippen LogP contribution in [0.25, 0.3) is 0 Å². The Hall–Kier alpha value is -1.14. The van der Waals surface area contributed by atoms with E-state index in [-0.39, 0.29) is 23.7 Å². The third kappa shape index (κ3) is 2.15. The largest absolute Gasteiger partial charge is 0.481 e. The summed E-state index contributed by atoms with van der Waals surface area (Å²) >= 11 is 0. The van der Waals surface area contributed by atoms with Crippen LogP contribution in [0.15, 0.2) is 0 Å². The number of aliphatic carboxylic acids is 1. The molecule has 4 rings (SSSR count). The number of ether oxygens (including phenoxy) is 2. The van der Waals surface area contributed by atoms with E-state index in [1.807, 2.05) is 4.90 Å². The van der Waals surface area contributed by atoms with Crippen molar-refractivity contribution in [3.63, 3.8) is 0 Å². The molecule has 2 heterocycles. The van der Waals surface area contributed by atoms with Crippen molar-refractivity contribution in [2.45, 2.75) is 37.9 Å². The highest BCUT2D eigenvalue weighted by molar-refractivity contribution is 5.86. The minimum Gasteiger partial charge on any atom is -0.481 e. The number of carboxylic acids is 1. The van der Waals surface area contributed by atoms with Crippen molar-refractivity contribution in [2.24, 2.45) is 23.7 Å². The van der Waals surface area contributed by atoms with Gasteiger partial charge in [-0.1, -0.05) is 0 Å². The lowest BCUT2D eigenvalue weighted by Gasteiger charge is -2.40. The molecule has 0 radical (unpaired) electrons. The van der Waals surface area contributed by atoms with E-state index in [0.717, 1.165) is 19.3 Å². The predicted molar refractivity (Wildman–Crippen MR) is 75.9 cm³/mol. The number of carboxylic acid groups (broad SMARTS) is 1. The lowest BCUT2D eigenvalue weighted by atomic mass is 9.78. The first-order chi connectivity index (χ1) is 10.6. The van der Waals surface area contributed by atoms with Gasteiger partial charge in [-0.05, 0) is 31.1 Å². The van der Waals surface area contributed by atoms with Gasteiger partial charge in [0.25, 0.3) is 0 Å². The SMILES string of the molecule is O=C(O)[C@@H]1[C@H]2CC[C@@H](C2)[C@@H]1C(=O)N1CCC2(CC1)OCCO2. The lowest BCUT2D eigenvalue weighted by Crippen LogP contribution is -2.51. The van der Waals surface area contributed by atoms with Gasteiger partial charge >= 0.3 is 5.97 Å². The standard InChI is InChI=1S/C16H23NO5/c18-14(12-10-1-2-11(9-10)13(12)15(19)20)17-5-3-16(4-6-17)21-7-8-22-16/h10-13H,1-9H2,(H,19,20)/t10-,11-,12-,13+/m0/s1. The molecule has 1 amide bonds. The zero-order valence-corrected chi connectivity index (χ0v) is 12.7. The number of piperidine rings is 1. The van der Waals surface area contributed by atoms with Gasteiger partial charge in [0.15, 0.2) is 5.79 Å². The first-order valence-electron chi connectivity index (χ1n) is 8.39. The highest BCUT2D eigenvalue weighted by atomic mass is 16.7. The fourth-order valence-corrected chi connectivity index (χ4v) is 5.07. The molecule has 4 aliphatic rings. The van der Waals surface area contributed by atoms with E-state index >= 15 is 0 Å². The molecule has 4 fully saturated rings. The molecule has 1 spiro atoms. The van der Waals surface area contributed by atoms with Crippen LogP contribution < -0.4 is 0 Å². The molecule has 2 aliphatic carbocycles. The summed E-state index contributed by atoms with van der Waals surface area (Å²) < 4.78 is 11.4. The van der Waals surface area contributed by atoms with Gasteiger partial charge in [0, 0.05) is 25.9 Å². The van der Waals surface area contributed by atoms with Crippen LogP contribution in [-0.4, -0.2) is 54.0 Å². The summed E-state index contributed by atoms with van der Waals surface area (Å²) in [5, 5.41) is 9.51. The van der Waals surface area contributed by atoms with Crippen LogP contribution in [0.3, 0.4) is 0 Å². The monoisotopic (exact) mass is 309 g/mol. The highest BCUT2D eigenvalue weighted by Crippen LogP contribution is 2.53. The van der Waals surface area contributed by atoms with E-state index in [4.69, 9.17) is 9.47 Å². The lowest BCUT2D eigenvalue weighted by molar-refractivity contribution is -0.189. The molecule has 0 aromatic rings. The molecule has 0 unspecified atom stereocenters. The quantitative estimate of drug-likeness (QED) is 0.826. The van der Waals surface area contributed by atoms with Gasteiger partial charge in [0.05, 0.1) is 25.0 Å². The topological polar surface area (TPSA) is 76.1 Å². The number of carbonyl (C=O) groups excluding carboxylic acids is 1. The summed E-state index contributed by atoms with van der Waals surface area (Å²) in [4.78, 5) is 26.3. The number of rotatable bonds is 2. The Balaban J connectivity index is 1.45. The first kappa shape index (κ1) is 14.5. The summed E-state index contributed by atoms with van der Waals surface area (Å²) in [6, 6.07) is 0. The molecule has 0 aromatic heterocycles. The van der Waals surface area contributed by atoms with E-state index in [9.17, 15) is 14.7 Å². The van der Waals surface area contributed by atoms with Crippen molar-refractivity contribution in [2.75, 3.05) is 26.3 Å². The van der Waals surface area contributed by atoms with Crippen LogP contribution >= 0.6 is 0 Å². The van der Waals surface area contributed by atoms with Crippen molar-refractivity contribution in [3.8, 4) is 0 Å². The van der Waals surface area contributed by atoms with E-state index in [0.29, 0.717) is 39.1 Å². The molecule has 6 heteroatoms. The zero-order chi connectivity index (χ0) is 15.3. The molecule has 22 heavy (non-hydrogen) atoms. The molecular formula is C16H23NO5. The van der Waals surface area contributed by atoms with Crippen molar-refractivity contribution in [1.29, 1.82) is 0 Å². The third-order valence-corrected chi connectivity index (χ3v) is 6.14. The fourth-order valence-electron chi connectivity index (χ4n) is 5.07. The molecule has 2 saturated carbocycles. The molecule has 122 valence electrons. The predicted octanol–water partition coefficient (Wildman–Crippen LogP) is 1.10. The van der Waals surface area contributed by atoms with E-state index < -0.39 is 17.7 Å². The number of likely N-dealkylation sites (tertiary alicyclic amines) is 1. The number of fused-ring (bicyclic) bond motifs is 2. The Morgan fingerprint density at radius 2 is 1.59 bits per heavy atom. The van der Waals surface area contributed by atoms with Gasteiger partial charge in [0.2, 0.25) is 5.91 Å². The second-order valence-electron chi connectivity index (χ2n) is 7.16. The molecule has 4 atom stereocenters. The number of nitrogens with zero attached hydrogens (tertiary/aromatic N) is 1. The van der Waals surface area contributed by atoms with Gasteiger partial charge in [-0.25, -0.2) is 0 Å². The highest BCUT2D eigenvalue weighted by Gasteiger charge is 2.55.